The van der Waals surface area contributed by atoms with Gasteiger partial charge in [-0.2, -0.15) is 0 Å². The minimum absolute atomic E-state index is 0.0322. The number of nitrogens with zero attached hydrogens (tertiary/aromatic N) is 3. The van der Waals surface area contributed by atoms with Crippen LogP contribution in [0.15, 0.2) is 47.6 Å². The Kier molecular flexibility index (Phi) is 7.15. The zero-order chi connectivity index (χ0) is 21.7. The molecule has 0 bridgehead atoms. The number of Topliss-reactive ketones (excluding diaryl/α,β-unsaturated/α-hetero) is 1. The second-order valence-electron chi connectivity index (χ2n) is 7.38. The second-order valence-corrected chi connectivity index (χ2v) is 8.33. The molecule has 0 fully saturated rings. The summed E-state index contributed by atoms with van der Waals surface area (Å²) in [5.74, 6) is 3.00. The molecule has 0 aliphatic heterocycles. The second kappa shape index (κ2) is 9.80. The minimum atomic E-state index is 0.0322. The van der Waals surface area contributed by atoms with E-state index in [9.17, 15) is 4.79 Å². The lowest BCUT2D eigenvalue weighted by Crippen LogP contribution is -2.07. The van der Waals surface area contributed by atoms with Crippen molar-refractivity contribution in [1.29, 1.82) is 0 Å². The van der Waals surface area contributed by atoms with Crippen LogP contribution >= 0.6 is 11.8 Å². The lowest BCUT2D eigenvalue weighted by molar-refractivity contribution is 0.102. The SMILES string of the molecule is COc1ccc(C(=O)CSc2nnc(COc3cc(C)ccc3C(C)C)n2C)cc1. The molecule has 7 heteroatoms. The highest BCUT2D eigenvalue weighted by molar-refractivity contribution is 7.99. The molecule has 0 atom stereocenters. The van der Waals surface area contributed by atoms with E-state index in [0.717, 1.165) is 17.1 Å². The maximum absolute atomic E-state index is 12.4. The number of thioether (sulfide) groups is 1. The number of carbonyl (C=O) groups is 1. The first-order valence-electron chi connectivity index (χ1n) is 9.80. The van der Waals surface area contributed by atoms with Gasteiger partial charge in [0.25, 0.3) is 0 Å². The van der Waals surface area contributed by atoms with Gasteiger partial charge in [-0.15, -0.1) is 10.2 Å². The Bertz CT molecular complexity index is 1010. The van der Waals surface area contributed by atoms with Crippen molar-refractivity contribution >= 4 is 17.5 Å². The number of ether oxygens (including phenoxy) is 2. The third-order valence-electron chi connectivity index (χ3n) is 4.82. The molecular weight excluding hydrogens is 398 g/mol. The fourth-order valence-corrected chi connectivity index (χ4v) is 3.80. The van der Waals surface area contributed by atoms with E-state index in [2.05, 4.69) is 42.2 Å². The zero-order valence-electron chi connectivity index (χ0n) is 18.0. The van der Waals surface area contributed by atoms with Crippen LogP contribution in [0.3, 0.4) is 0 Å². The summed E-state index contributed by atoms with van der Waals surface area (Å²) in [5.41, 5.74) is 2.97. The first kappa shape index (κ1) is 21.9. The molecule has 0 spiro atoms. The number of hydrogen-bond acceptors (Lipinski definition) is 6. The van der Waals surface area contributed by atoms with Gasteiger partial charge in [0.05, 0.1) is 12.9 Å². The molecule has 6 nitrogen and oxygen atoms in total. The fraction of sp³-hybridized carbons (Fsp3) is 0.348. The van der Waals surface area contributed by atoms with Crippen molar-refractivity contribution in [2.45, 2.75) is 38.5 Å². The Balaban J connectivity index is 1.62. The van der Waals surface area contributed by atoms with Crippen molar-refractivity contribution in [3.63, 3.8) is 0 Å². The van der Waals surface area contributed by atoms with E-state index in [1.807, 2.05) is 18.5 Å². The number of hydrogen-bond donors (Lipinski definition) is 0. The molecule has 0 amide bonds. The Labute approximate surface area is 181 Å². The Hall–Kier alpha value is -2.80. The molecule has 0 radical (unpaired) electrons. The van der Waals surface area contributed by atoms with Gasteiger partial charge in [-0.1, -0.05) is 37.7 Å². The average Bonchev–Trinajstić information content (AvgIpc) is 3.09. The fourth-order valence-electron chi connectivity index (χ4n) is 2.97. The van der Waals surface area contributed by atoms with Crippen LogP contribution in [-0.2, 0) is 13.7 Å². The molecule has 158 valence electrons. The van der Waals surface area contributed by atoms with E-state index in [1.54, 1.807) is 31.4 Å². The Morgan fingerprint density at radius 2 is 1.87 bits per heavy atom. The highest BCUT2D eigenvalue weighted by Gasteiger charge is 2.15. The lowest BCUT2D eigenvalue weighted by Gasteiger charge is -2.14. The van der Waals surface area contributed by atoms with Gasteiger partial charge in [0.15, 0.2) is 16.8 Å². The molecular formula is C23H27N3O3S. The highest BCUT2D eigenvalue weighted by atomic mass is 32.2. The van der Waals surface area contributed by atoms with Crippen LogP contribution in [0.1, 0.15) is 47.1 Å². The van der Waals surface area contributed by atoms with Crippen molar-refractivity contribution in [2.24, 2.45) is 7.05 Å². The van der Waals surface area contributed by atoms with Crippen LogP contribution in [-0.4, -0.2) is 33.4 Å². The van der Waals surface area contributed by atoms with E-state index in [0.29, 0.717) is 29.1 Å². The summed E-state index contributed by atoms with van der Waals surface area (Å²) in [4.78, 5) is 12.4. The minimum Gasteiger partial charge on any atom is -0.497 e. The first-order chi connectivity index (χ1) is 14.4. The van der Waals surface area contributed by atoms with Gasteiger partial charge in [0.2, 0.25) is 0 Å². The van der Waals surface area contributed by atoms with Crippen LogP contribution in [0, 0.1) is 6.92 Å². The van der Waals surface area contributed by atoms with Crippen LogP contribution in [0.2, 0.25) is 0 Å². The van der Waals surface area contributed by atoms with E-state index in [1.165, 1.54) is 17.3 Å². The van der Waals surface area contributed by atoms with Gasteiger partial charge in [-0.25, -0.2) is 0 Å². The lowest BCUT2D eigenvalue weighted by atomic mass is 10.0. The van der Waals surface area contributed by atoms with Crippen molar-refractivity contribution in [2.75, 3.05) is 12.9 Å². The molecule has 1 aromatic heterocycles. The van der Waals surface area contributed by atoms with Crippen LogP contribution in [0.25, 0.3) is 0 Å². The normalized spacial score (nSPS) is 11.0. The van der Waals surface area contributed by atoms with Crippen molar-refractivity contribution in [3.8, 4) is 11.5 Å². The topological polar surface area (TPSA) is 66.2 Å². The summed E-state index contributed by atoms with van der Waals surface area (Å²) in [7, 11) is 3.49. The third-order valence-corrected chi connectivity index (χ3v) is 5.84. The van der Waals surface area contributed by atoms with Crippen LogP contribution in [0.5, 0.6) is 11.5 Å². The van der Waals surface area contributed by atoms with Crippen molar-refractivity contribution in [1.82, 2.24) is 14.8 Å². The van der Waals surface area contributed by atoms with Gasteiger partial charge in [0.1, 0.15) is 18.1 Å². The Morgan fingerprint density at radius 3 is 2.53 bits per heavy atom. The standard InChI is InChI=1S/C23H27N3O3S/c1-15(2)19-11-6-16(3)12-21(19)29-13-22-24-25-23(26(22)4)30-14-20(27)17-7-9-18(28-5)10-8-17/h6-12,15H,13-14H2,1-5H3. The van der Waals surface area contributed by atoms with Crippen molar-refractivity contribution < 1.29 is 14.3 Å². The predicted octanol–water partition coefficient (Wildman–Crippen LogP) is 4.81. The summed E-state index contributed by atoms with van der Waals surface area (Å²) >= 11 is 1.37. The maximum atomic E-state index is 12.4. The molecule has 0 aliphatic rings. The van der Waals surface area contributed by atoms with Crippen LogP contribution in [0.4, 0.5) is 0 Å². The molecule has 0 saturated heterocycles. The van der Waals surface area contributed by atoms with Gasteiger partial charge in [-0.05, 0) is 54.3 Å². The number of ketones is 1. The van der Waals surface area contributed by atoms with Gasteiger partial charge >= 0.3 is 0 Å². The summed E-state index contributed by atoms with van der Waals surface area (Å²) in [6.45, 7) is 6.66. The first-order valence-corrected chi connectivity index (χ1v) is 10.8. The molecule has 0 unspecified atom stereocenters. The number of aromatic nitrogens is 3. The number of methoxy groups -OCH3 is 1. The Morgan fingerprint density at radius 1 is 1.13 bits per heavy atom. The summed E-state index contributed by atoms with van der Waals surface area (Å²) in [6.07, 6.45) is 0. The summed E-state index contributed by atoms with van der Waals surface area (Å²) in [6, 6.07) is 13.4. The molecule has 0 aliphatic carbocycles. The molecule has 0 saturated carbocycles. The van der Waals surface area contributed by atoms with Gasteiger partial charge in [0, 0.05) is 12.6 Å². The van der Waals surface area contributed by atoms with E-state index < -0.39 is 0 Å². The molecule has 0 N–H and O–H groups in total. The van der Waals surface area contributed by atoms with Gasteiger partial charge in [-0.3, -0.25) is 4.79 Å². The summed E-state index contributed by atoms with van der Waals surface area (Å²) in [5, 5.41) is 9.14. The third kappa shape index (κ3) is 5.21. The highest BCUT2D eigenvalue weighted by Crippen LogP contribution is 2.28. The number of benzene rings is 2. The van der Waals surface area contributed by atoms with Crippen molar-refractivity contribution in [3.05, 3.63) is 65.0 Å². The maximum Gasteiger partial charge on any atom is 0.191 e. The van der Waals surface area contributed by atoms with Crippen LogP contribution < -0.4 is 9.47 Å². The number of carbonyl (C=O) groups excluding carboxylic acids is 1. The van der Waals surface area contributed by atoms with E-state index in [4.69, 9.17) is 9.47 Å². The van der Waals surface area contributed by atoms with Gasteiger partial charge < -0.3 is 14.0 Å². The number of rotatable bonds is 9. The monoisotopic (exact) mass is 425 g/mol. The molecule has 3 aromatic rings. The molecule has 3 rings (SSSR count). The predicted molar refractivity (Wildman–Crippen MR) is 119 cm³/mol. The summed E-state index contributed by atoms with van der Waals surface area (Å²) < 4.78 is 13.1. The molecule has 30 heavy (non-hydrogen) atoms. The molecule has 2 aromatic carbocycles. The smallest absolute Gasteiger partial charge is 0.191 e. The van der Waals surface area contributed by atoms with E-state index >= 15 is 0 Å². The quantitative estimate of drug-likeness (QED) is 0.362. The average molecular weight is 426 g/mol. The van der Waals surface area contributed by atoms with E-state index in [-0.39, 0.29) is 11.5 Å². The molecule has 1 heterocycles. The zero-order valence-corrected chi connectivity index (χ0v) is 18.8. The largest absolute Gasteiger partial charge is 0.497 e. The number of aryl methyl sites for hydroxylation is 1.